The van der Waals surface area contributed by atoms with Crippen molar-refractivity contribution < 1.29 is 5.11 Å². The zero-order chi connectivity index (χ0) is 8.39. The van der Waals surface area contributed by atoms with E-state index < -0.39 is 0 Å². The maximum absolute atomic E-state index is 10.8. The van der Waals surface area contributed by atoms with Crippen molar-refractivity contribution in [2.75, 3.05) is 0 Å². The van der Waals surface area contributed by atoms with Crippen molar-refractivity contribution in [2.24, 2.45) is 0 Å². The van der Waals surface area contributed by atoms with Gasteiger partial charge in [0.2, 0.25) is 0 Å². The summed E-state index contributed by atoms with van der Waals surface area (Å²) in [6, 6.07) is 9.68. The molecule has 0 amide bonds. The van der Waals surface area contributed by atoms with Crippen molar-refractivity contribution in [2.45, 2.75) is 0 Å². The highest BCUT2D eigenvalue weighted by Gasteiger charge is 2.02. The number of hydrogen-bond acceptors (Lipinski definition) is 2. The number of benzene rings is 1. The summed E-state index contributed by atoms with van der Waals surface area (Å²) in [5.74, 6) is 0. The Kier molecular flexibility index (Phi) is 1.80. The lowest BCUT2D eigenvalue weighted by Crippen LogP contribution is -1.73. The Morgan fingerprint density at radius 1 is 1.17 bits per heavy atom. The summed E-state index contributed by atoms with van der Waals surface area (Å²) in [6.45, 7) is 0. The summed E-state index contributed by atoms with van der Waals surface area (Å²) in [7, 11) is 0. The van der Waals surface area contributed by atoms with E-state index in [1.807, 2.05) is 30.3 Å². The van der Waals surface area contributed by atoms with Crippen LogP contribution in [0.15, 0.2) is 35.7 Å². The maximum Gasteiger partial charge on any atom is 0.326 e. The van der Waals surface area contributed by atoms with E-state index in [0.29, 0.717) is 0 Å². The van der Waals surface area contributed by atoms with Crippen LogP contribution in [0, 0.1) is 0 Å². The lowest BCUT2D eigenvalue weighted by Gasteiger charge is -1.92. The molecule has 1 heterocycles. The van der Waals surface area contributed by atoms with Crippen molar-refractivity contribution in [1.29, 1.82) is 0 Å². The van der Waals surface area contributed by atoms with Gasteiger partial charge in [-0.1, -0.05) is 41.7 Å². The molecule has 0 N–H and O–H groups in total. The predicted molar refractivity (Wildman–Crippen MR) is 47.7 cm³/mol. The van der Waals surface area contributed by atoms with Gasteiger partial charge < -0.3 is 0 Å². The molecule has 2 nitrogen and oxygen atoms in total. The third-order valence-corrected chi connectivity index (χ3v) is 2.19. The summed E-state index contributed by atoms with van der Waals surface area (Å²) in [5.41, 5.74) is 1.77. The first-order valence-corrected chi connectivity index (χ1v) is 4.42. The number of thiazole rings is 1. The van der Waals surface area contributed by atoms with E-state index in [1.54, 1.807) is 5.38 Å². The first-order valence-electron chi connectivity index (χ1n) is 3.54. The van der Waals surface area contributed by atoms with E-state index in [1.165, 1.54) is 0 Å². The van der Waals surface area contributed by atoms with Crippen molar-refractivity contribution in [3.05, 3.63) is 35.7 Å². The molecule has 0 aliphatic carbocycles. The number of hydrogen-bond donors (Lipinski definition) is 0. The van der Waals surface area contributed by atoms with E-state index in [0.717, 1.165) is 22.6 Å². The molecule has 0 atom stereocenters. The van der Waals surface area contributed by atoms with E-state index in [4.69, 9.17) is 0 Å². The summed E-state index contributed by atoms with van der Waals surface area (Å²) < 4.78 is 0. The van der Waals surface area contributed by atoms with Gasteiger partial charge in [-0.25, -0.2) is 0 Å². The van der Waals surface area contributed by atoms with Gasteiger partial charge in [0.05, 0.1) is 5.69 Å². The van der Waals surface area contributed by atoms with Crippen LogP contribution < -0.4 is 0 Å². The molecule has 2 aromatic rings. The SMILES string of the molecule is [O]c1nc(-c2ccccc2)cs1. The predicted octanol–water partition coefficient (Wildman–Crippen LogP) is 2.95. The Bertz CT molecular complexity index is 369. The van der Waals surface area contributed by atoms with Gasteiger partial charge in [0.15, 0.2) is 0 Å². The van der Waals surface area contributed by atoms with Crippen LogP contribution >= 0.6 is 11.3 Å². The van der Waals surface area contributed by atoms with Gasteiger partial charge in [0.1, 0.15) is 0 Å². The van der Waals surface area contributed by atoms with E-state index in [2.05, 4.69) is 4.98 Å². The smallest absolute Gasteiger partial charge is 0.255 e. The monoisotopic (exact) mass is 176 g/mol. The van der Waals surface area contributed by atoms with E-state index in [9.17, 15) is 5.11 Å². The average Bonchev–Trinajstić information content (AvgIpc) is 2.54. The molecule has 12 heavy (non-hydrogen) atoms. The Balaban J connectivity index is 2.45. The van der Waals surface area contributed by atoms with Crippen LogP contribution in [0.25, 0.3) is 11.3 Å². The molecule has 1 aromatic carbocycles. The van der Waals surface area contributed by atoms with Crippen molar-refractivity contribution >= 4 is 11.3 Å². The van der Waals surface area contributed by atoms with Gasteiger partial charge in [-0.3, -0.25) is 5.11 Å². The molecule has 0 saturated carbocycles. The van der Waals surface area contributed by atoms with Gasteiger partial charge in [-0.2, -0.15) is 4.98 Å². The first-order chi connectivity index (χ1) is 5.86. The number of nitrogens with zero attached hydrogens (tertiary/aromatic N) is 1. The third kappa shape index (κ3) is 1.31. The summed E-state index contributed by atoms with van der Waals surface area (Å²) in [6.07, 6.45) is 0. The van der Waals surface area contributed by atoms with Gasteiger partial charge >= 0.3 is 5.19 Å². The molecule has 3 heteroatoms. The van der Waals surface area contributed by atoms with Crippen molar-refractivity contribution in [3.63, 3.8) is 0 Å². The van der Waals surface area contributed by atoms with Crippen LogP contribution in [-0.2, 0) is 5.11 Å². The quantitative estimate of drug-likeness (QED) is 0.657. The largest absolute Gasteiger partial charge is 0.326 e. The minimum atomic E-state index is -0.131. The lowest BCUT2D eigenvalue weighted by molar-refractivity contribution is 0.352. The molecule has 0 unspecified atom stereocenters. The Hall–Kier alpha value is -1.35. The first kappa shape index (κ1) is 7.31. The molecule has 1 aromatic heterocycles. The van der Waals surface area contributed by atoms with Gasteiger partial charge in [0.25, 0.3) is 0 Å². The lowest BCUT2D eigenvalue weighted by atomic mass is 10.2. The molecule has 59 valence electrons. The number of rotatable bonds is 1. The Morgan fingerprint density at radius 3 is 2.50 bits per heavy atom. The Labute approximate surface area is 74.1 Å². The van der Waals surface area contributed by atoms with Gasteiger partial charge in [0, 0.05) is 10.9 Å². The van der Waals surface area contributed by atoms with Gasteiger partial charge in [-0.05, 0) is 0 Å². The average molecular weight is 176 g/mol. The van der Waals surface area contributed by atoms with Crippen molar-refractivity contribution in [3.8, 4) is 16.5 Å². The molecular weight excluding hydrogens is 170 g/mol. The second kappa shape index (κ2) is 2.95. The molecule has 0 bridgehead atoms. The molecule has 1 radical (unpaired) electrons. The van der Waals surface area contributed by atoms with E-state index in [-0.39, 0.29) is 5.19 Å². The highest BCUT2D eigenvalue weighted by atomic mass is 32.1. The van der Waals surface area contributed by atoms with Crippen LogP contribution in [0.2, 0.25) is 0 Å². The molecular formula is C9H6NOS. The van der Waals surface area contributed by atoms with Crippen LogP contribution in [0.5, 0.6) is 5.19 Å². The minimum absolute atomic E-state index is 0.131. The zero-order valence-corrected chi connectivity index (χ0v) is 7.04. The maximum atomic E-state index is 10.8. The third-order valence-electron chi connectivity index (χ3n) is 1.55. The van der Waals surface area contributed by atoms with Crippen LogP contribution in [0.4, 0.5) is 0 Å². The molecule has 2 rings (SSSR count). The number of aromatic nitrogens is 1. The molecule has 0 aliphatic rings. The summed E-state index contributed by atoms with van der Waals surface area (Å²) >= 11 is 1.13. The topological polar surface area (TPSA) is 32.8 Å². The fraction of sp³-hybridized carbons (Fsp3) is 0. The van der Waals surface area contributed by atoms with E-state index >= 15 is 0 Å². The molecule has 0 fully saturated rings. The molecule has 0 saturated heterocycles. The Morgan fingerprint density at radius 2 is 1.92 bits per heavy atom. The van der Waals surface area contributed by atoms with Crippen LogP contribution in [0.1, 0.15) is 0 Å². The van der Waals surface area contributed by atoms with Crippen LogP contribution in [-0.4, -0.2) is 4.98 Å². The summed E-state index contributed by atoms with van der Waals surface area (Å²) in [5, 5.41) is 12.4. The fourth-order valence-corrected chi connectivity index (χ4v) is 1.55. The second-order valence-corrected chi connectivity index (χ2v) is 3.19. The molecule has 0 aliphatic heterocycles. The standard InChI is InChI=1S/C9H6NOS/c11-9-10-8(6-12-9)7-4-2-1-3-5-7/h1-6H. The summed E-state index contributed by atoms with van der Waals surface area (Å²) in [4.78, 5) is 3.84. The second-order valence-electron chi connectivity index (χ2n) is 2.36. The highest BCUT2D eigenvalue weighted by Crippen LogP contribution is 2.24. The highest BCUT2D eigenvalue weighted by molar-refractivity contribution is 7.11. The fourth-order valence-electron chi connectivity index (χ4n) is 0.999. The minimum Gasteiger partial charge on any atom is -0.255 e. The molecule has 0 spiro atoms. The zero-order valence-electron chi connectivity index (χ0n) is 6.23. The van der Waals surface area contributed by atoms with Gasteiger partial charge in [-0.15, -0.1) is 0 Å². The normalized spacial score (nSPS) is 10.0. The van der Waals surface area contributed by atoms with Crippen LogP contribution in [0.3, 0.4) is 0 Å². The van der Waals surface area contributed by atoms with Crippen molar-refractivity contribution in [1.82, 2.24) is 4.98 Å².